The summed E-state index contributed by atoms with van der Waals surface area (Å²) in [7, 11) is 0. The van der Waals surface area contributed by atoms with Crippen LogP contribution in [0.2, 0.25) is 0 Å². The molecule has 0 unspecified atom stereocenters. The predicted molar refractivity (Wildman–Crippen MR) is 142 cm³/mol. The van der Waals surface area contributed by atoms with Crippen molar-refractivity contribution in [3.8, 4) is 0 Å². The van der Waals surface area contributed by atoms with Crippen LogP contribution in [0.5, 0.6) is 0 Å². The van der Waals surface area contributed by atoms with E-state index < -0.39 is 0 Å². The van der Waals surface area contributed by atoms with Gasteiger partial charge in [-0.3, -0.25) is 4.90 Å². The first-order valence-electron chi connectivity index (χ1n) is 11.1. The van der Waals surface area contributed by atoms with Crippen molar-refractivity contribution in [2.24, 2.45) is 4.99 Å². The number of guanidine groups is 1. The number of likely N-dealkylation sites (N-methyl/N-ethyl adjacent to an activating group) is 1. The van der Waals surface area contributed by atoms with Crippen molar-refractivity contribution in [1.29, 1.82) is 0 Å². The van der Waals surface area contributed by atoms with Crippen LogP contribution in [-0.4, -0.2) is 60.0 Å². The fourth-order valence-electron chi connectivity index (χ4n) is 3.65. The highest BCUT2D eigenvalue weighted by molar-refractivity contribution is 14.0. The maximum absolute atomic E-state index is 4.85. The third-order valence-electron chi connectivity index (χ3n) is 5.66. The van der Waals surface area contributed by atoms with E-state index >= 15 is 0 Å². The Morgan fingerprint density at radius 3 is 2.32 bits per heavy atom. The highest BCUT2D eigenvalue weighted by atomic mass is 127. The number of thiazole rings is 1. The molecule has 2 aromatic rings. The lowest BCUT2D eigenvalue weighted by Crippen LogP contribution is -2.45. The molecule has 31 heavy (non-hydrogen) atoms. The van der Waals surface area contributed by atoms with Crippen molar-refractivity contribution >= 4 is 41.3 Å². The molecule has 0 aliphatic carbocycles. The first kappa shape index (κ1) is 26.0. The molecule has 3 rings (SSSR count). The van der Waals surface area contributed by atoms with E-state index in [0.717, 1.165) is 49.4 Å². The van der Waals surface area contributed by atoms with Gasteiger partial charge in [0.05, 0.1) is 18.8 Å². The third-order valence-corrected chi connectivity index (χ3v) is 6.73. The summed E-state index contributed by atoms with van der Waals surface area (Å²) in [6.45, 7) is 17.5. The van der Waals surface area contributed by atoms with Crippen LogP contribution >= 0.6 is 35.3 Å². The smallest absolute Gasteiger partial charge is 0.191 e. The Kier molecular flexibility index (Phi) is 11.2. The number of nitrogens with zero attached hydrogens (tertiary/aromatic N) is 4. The quantitative estimate of drug-likeness (QED) is 0.295. The number of piperazine rings is 1. The third kappa shape index (κ3) is 8.00. The molecule has 2 heterocycles. The standard InChI is InChI=1S/C23H36N6S.HI/c1-5-24-23(26-16-22-27-18(3)19(4)30-22)25-15-20-9-7-8-10-21(20)17-29-13-11-28(6-2)12-14-29;/h7-10H,5-6,11-17H2,1-4H3,(H2,24,25,26);1H. The van der Waals surface area contributed by atoms with Gasteiger partial charge in [0.1, 0.15) is 5.01 Å². The van der Waals surface area contributed by atoms with Crippen molar-refractivity contribution in [2.45, 2.75) is 47.3 Å². The lowest BCUT2D eigenvalue weighted by Gasteiger charge is -2.34. The second kappa shape index (κ2) is 13.3. The summed E-state index contributed by atoms with van der Waals surface area (Å²) in [5.74, 6) is 0.842. The highest BCUT2D eigenvalue weighted by Gasteiger charge is 2.16. The molecule has 0 saturated carbocycles. The molecule has 1 aromatic heterocycles. The van der Waals surface area contributed by atoms with Crippen molar-refractivity contribution in [3.05, 3.63) is 51.0 Å². The molecule has 0 bridgehead atoms. The van der Waals surface area contributed by atoms with E-state index in [4.69, 9.17) is 4.99 Å². The molecule has 0 atom stereocenters. The van der Waals surface area contributed by atoms with E-state index in [1.54, 1.807) is 11.3 Å². The van der Waals surface area contributed by atoms with Crippen LogP contribution in [0.25, 0.3) is 0 Å². The van der Waals surface area contributed by atoms with Gasteiger partial charge < -0.3 is 15.5 Å². The normalized spacial score (nSPS) is 15.5. The van der Waals surface area contributed by atoms with Gasteiger partial charge in [0.25, 0.3) is 0 Å². The SMILES string of the molecule is CCNC(=NCc1ccccc1CN1CCN(CC)CC1)NCc1nc(C)c(C)s1.I. The number of nitrogens with one attached hydrogen (secondary N) is 2. The maximum Gasteiger partial charge on any atom is 0.191 e. The molecule has 0 radical (unpaired) electrons. The van der Waals surface area contributed by atoms with Gasteiger partial charge >= 0.3 is 0 Å². The average Bonchev–Trinajstić information content (AvgIpc) is 3.09. The minimum absolute atomic E-state index is 0. The second-order valence-electron chi connectivity index (χ2n) is 7.78. The first-order valence-corrected chi connectivity index (χ1v) is 11.9. The molecule has 6 nitrogen and oxygen atoms in total. The Hall–Kier alpha value is -1.23. The topological polar surface area (TPSA) is 55.8 Å². The largest absolute Gasteiger partial charge is 0.357 e. The predicted octanol–water partition coefficient (Wildman–Crippen LogP) is 3.77. The monoisotopic (exact) mass is 556 g/mol. The molecule has 0 amide bonds. The Morgan fingerprint density at radius 2 is 1.71 bits per heavy atom. The minimum atomic E-state index is 0. The number of halogens is 1. The van der Waals surface area contributed by atoms with Crippen LogP contribution < -0.4 is 10.6 Å². The number of benzene rings is 1. The number of aromatic nitrogens is 1. The zero-order valence-corrected chi connectivity index (χ0v) is 22.4. The van der Waals surface area contributed by atoms with Crippen molar-refractivity contribution in [3.63, 3.8) is 0 Å². The molecule has 1 aromatic carbocycles. The number of hydrogen-bond donors (Lipinski definition) is 2. The Morgan fingerprint density at radius 1 is 1.03 bits per heavy atom. The summed E-state index contributed by atoms with van der Waals surface area (Å²) in [6, 6.07) is 8.71. The number of rotatable bonds is 8. The van der Waals surface area contributed by atoms with Crippen LogP contribution in [0.3, 0.4) is 0 Å². The molecule has 8 heteroatoms. The zero-order chi connectivity index (χ0) is 21.3. The summed E-state index contributed by atoms with van der Waals surface area (Å²) < 4.78 is 0. The van der Waals surface area contributed by atoms with Gasteiger partial charge in [0.15, 0.2) is 5.96 Å². The molecule has 2 N–H and O–H groups in total. The second-order valence-corrected chi connectivity index (χ2v) is 9.06. The summed E-state index contributed by atoms with van der Waals surface area (Å²) in [5.41, 5.74) is 3.80. The van der Waals surface area contributed by atoms with Gasteiger partial charge in [-0.25, -0.2) is 9.98 Å². The number of aryl methyl sites for hydroxylation is 2. The lowest BCUT2D eigenvalue weighted by molar-refractivity contribution is 0.131. The molecule has 1 fully saturated rings. The molecule has 1 aliphatic heterocycles. The van der Waals surface area contributed by atoms with E-state index in [0.29, 0.717) is 13.1 Å². The van der Waals surface area contributed by atoms with E-state index in [-0.39, 0.29) is 24.0 Å². The molecule has 0 spiro atoms. The van der Waals surface area contributed by atoms with Crippen LogP contribution in [-0.2, 0) is 19.6 Å². The van der Waals surface area contributed by atoms with E-state index in [1.807, 2.05) is 0 Å². The minimum Gasteiger partial charge on any atom is -0.357 e. The number of aliphatic imine (C=N–C) groups is 1. The fourth-order valence-corrected chi connectivity index (χ4v) is 4.52. The maximum atomic E-state index is 4.85. The van der Waals surface area contributed by atoms with Crippen LogP contribution in [0.15, 0.2) is 29.3 Å². The molecule has 172 valence electrons. The zero-order valence-electron chi connectivity index (χ0n) is 19.3. The summed E-state index contributed by atoms with van der Waals surface area (Å²) in [6.07, 6.45) is 0. The summed E-state index contributed by atoms with van der Waals surface area (Å²) >= 11 is 1.75. The molecular weight excluding hydrogens is 519 g/mol. The van der Waals surface area contributed by atoms with Crippen LogP contribution in [0.1, 0.15) is 40.6 Å². The molecule has 1 saturated heterocycles. The number of hydrogen-bond acceptors (Lipinski definition) is 5. The van der Waals surface area contributed by atoms with Gasteiger partial charge in [-0.2, -0.15) is 0 Å². The highest BCUT2D eigenvalue weighted by Crippen LogP contribution is 2.16. The van der Waals surface area contributed by atoms with Gasteiger partial charge in [-0.1, -0.05) is 31.2 Å². The van der Waals surface area contributed by atoms with Crippen molar-refractivity contribution < 1.29 is 0 Å². The lowest BCUT2D eigenvalue weighted by atomic mass is 10.1. The van der Waals surface area contributed by atoms with Crippen molar-refractivity contribution in [2.75, 3.05) is 39.3 Å². The Balaban J connectivity index is 0.00000341. The molecule has 1 aliphatic rings. The Labute approximate surface area is 208 Å². The van der Waals surface area contributed by atoms with Gasteiger partial charge in [0.2, 0.25) is 0 Å². The van der Waals surface area contributed by atoms with Crippen LogP contribution in [0.4, 0.5) is 0 Å². The van der Waals surface area contributed by atoms with Crippen molar-refractivity contribution in [1.82, 2.24) is 25.4 Å². The van der Waals surface area contributed by atoms with E-state index in [9.17, 15) is 0 Å². The summed E-state index contributed by atoms with van der Waals surface area (Å²) in [4.78, 5) is 15.8. The van der Waals surface area contributed by atoms with Gasteiger partial charge in [0, 0.05) is 44.1 Å². The fraction of sp³-hybridized carbons (Fsp3) is 0.565. The molecular formula is C23H37IN6S. The van der Waals surface area contributed by atoms with Crippen LogP contribution in [0, 0.1) is 13.8 Å². The van der Waals surface area contributed by atoms with Gasteiger partial charge in [-0.15, -0.1) is 35.3 Å². The van der Waals surface area contributed by atoms with E-state index in [2.05, 4.69) is 77.4 Å². The van der Waals surface area contributed by atoms with E-state index in [1.165, 1.54) is 29.1 Å². The van der Waals surface area contributed by atoms with Gasteiger partial charge in [-0.05, 0) is 38.4 Å². The summed E-state index contributed by atoms with van der Waals surface area (Å²) in [5, 5.41) is 7.89. The first-order chi connectivity index (χ1) is 14.6. The Bertz CT molecular complexity index is 810. The average molecular weight is 557 g/mol.